The number of carbonyl (C=O) groups excluding carboxylic acids is 2. The van der Waals surface area contributed by atoms with Gasteiger partial charge in [-0.05, 0) is 54.1 Å². The SMILES string of the molecule is O=C1C[C@H](Sc2cccc(N=Cc3ccc([N+](=O)[O-])cc3)c2)C(=O)N1c1ccc(Cl)c(Cl)c1. The Morgan fingerprint density at radius 3 is 2.48 bits per heavy atom. The van der Waals surface area contributed by atoms with Crippen LogP contribution in [-0.4, -0.2) is 28.2 Å². The highest BCUT2D eigenvalue weighted by molar-refractivity contribution is 8.00. The summed E-state index contributed by atoms with van der Waals surface area (Å²) in [6.07, 6.45) is 1.67. The van der Waals surface area contributed by atoms with E-state index >= 15 is 0 Å². The van der Waals surface area contributed by atoms with Gasteiger partial charge in [-0.15, -0.1) is 11.8 Å². The summed E-state index contributed by atoms with van der Waals surface area (Å²) in [5.74, 6) is -0.619. The van der Waals surface area contributed by atoms with Crippen molar-refractivity contribution in [3.63, 3.8) is 0 Å². The summed E-state index contributed by atoms with van der Waals surface area (Å²) in [7, 11) is 0. The maximum absolute atomic E-state index is 12.9. The van der Waals surface area contributed by atoms with Gasteiger partial charge in [-0.3, -0.25) is 24.7 Å². The number of imide groups is 1. The quantitative estimate of drug-likeness (QED) is 0.177. The van der Waals surface area contributed by atoms with Gasteiger partial charge in [0.05, 0.1) is 31.6 Å². The van der Waals surface area contributed by atoms with Gasteiger partial charge in [-0.1, -0.05) is 29.3 Å². The molecule has 0 spiro atoms. The lowest BCUT2D eigenvalue weighted by Gasteiger charge is -2.15. The van der Waals surface area contributed by atoms with E-state index in [0.717, 1.165) is 9.80 Å². The van der Waals surface area contributed by atoms with Crippen LogP contribution in [0.15, 0.2) is 76.6 Å². The summed E-state index contributed by atoms with van der Waals surface area (Å²) in [5, 5.41) is 10.8. The molecule has 33 heavy (non-hydrogen) atoms. The summed E-state index contributed by atoms with van der Waals surface area (Å²) in [6, 6.07) is 17.9. The molecule has 0 radical (unpaired) electrons. The smallest absolute Gasteiger partial charge is 0.269 e. The van der Waals surface area contributed by atoms with Gasteiger partial charge in [0.15, 0.2) is 0 Å². The Balaban J connectivity index is 1.47. The predicted molar refractivity (Wildman–Crippen MR) is 130 cm³/mol. The molecule has 10 heteroatoms. The number of carbonyl (C=O) groups is 2. The van der Waals surface area contributed by atoms with E-state index < -0.39 is 10.2 Å². The molecular formula is C23H15Cl2N3O4S. The second kappa shape index (κ2) is 9.74. The van der Waals surface area contributed by atoms with Crippen molar-refractivity contribution in [2.45, 2.75) is 16.6 Å². The summed E-state index contributed by atoms with van der Waals surface area (Å²) < 4.78 is 0. The standard InChI is InChI=1S/C23H15Cl2N3O4S/c24-19-9-8-17(11-20(19)25)27-22(29)12-21(23(27)30)33-18-3-1-2-15(10-18)26-13-14-4-6-16(7-5-14)28(31)32/h1-11,13,21H,12H2/t21-/m0/s1. The molecule has 1 aliphatic rings. The van der Waals surface area contributed by atoms with Gasteiger partial charge in [0.1, 0.15) is 0 Å². The summed E-state index contributed by atoms with van der Waals surface area (Å²) in [6.45, 7) is 0. The second-order valence-electron chi connectivity index (χ2n) is 7.08. The molecule has 0 saturated carbocycles. The number of anilines is 1. The van der Waals surface area contributed by atoms with Crippen LogP contribution in [0.5, 0.6) is 0 Å². The largest absolute Gasteiger partial charge is 0.274 e. The molecular weight excluding hydrogens is 485 g/mol. The van der Waals surface area contributed by atoms with Crippen molar-refractivity contribution in [1.29, 1.82) is 0 Å². The highest BCUT2D eigenvalue weighted by atomic mass is 35.5. The number of amides is 2. The first-order valence-corrected chi connectivity index (χ1v) is 11.3. The van der Waals surface area contributed by atoms with E-state index in [1.165, 1.54) is 30.0 Å². The molecule has 3 aromatic rings. The number of nitrogens with zero attached hydrogens (tertiary/aromatic N) is 3. The molecule has 1 saturated heterocycles. The van der Waals surface area contributed by atoms with E-state index in [2.05, 4.69) is 4.99 Å². The molecule has 2 amide bonds. The van der Waals surface area contributed by atoms with Crippen LogP contribution in [0.25, 0.3) is 0 Å². The molecule has 0 aromatic heterocycles. The van der Waals surface area contributed by atoms with Gasteiger partial charge in [-0.25, -0.2) is 4.90 Å². The number of benzene rings is 3. The molecule has 166 valence electrons. The third kappa shape index (κ3) is 5.24. The van der Waals surface area contributed by atoms with Crippen molar-refractivity contribution < 1.29 is 14.5 Å². The van der Waals surface area contributed by atoms with E-state index in [0.29, 0.717) is 22.0 Å². The Labute approximate surface area is 203 Å². The zero-order valence-electron chi connectivity index (χ0n) is 16.9. The minimum atomic E-state index is -0.569. The number of hydrogen-bond acceptors (Lipinski definition) is 6. The van der Waals surface area contributed by atoms with E-state index in [1.807, 2.05) is 18.2 Å². The Bertz CT molecular complexity index is 1280. The van der Waals surface area contributed by atoms with Crippen LogP contribution in [0.4, 0.5) is 17.1 Å². The Kier molecular flexibility index (Phi) is 6.78. The van der Waals surface area contributed by atoms with Gasteiger partial charge in [-0.2, -0.15) is 0 Å². The zero-order chi connectivity index (χ0) is 23.5. The summed E-state index contributed by atoms with van der Waals surface area (Å²) in [4.78, 5) is 42.1. The highest BCUT2D eigenvalue weighted by Crippen LogP contribution is 2.36. The average molecular weight is 500 g/mol. The van der Waals surface area contributed by atoms with Crippen molar-refractivity contribution >= 4 is 70.1 Å². The third-order valence-electron chi connectivity index (χ3n) is 4.83. The van der Waals surface area contributed by atoms with E-state index in [9.17, 15) is 19.7 Å². The number of hydrogen-bond donors (Lipinski definition) is 0. The van der Waals surface area contributed by atoms with E-state index in [-0.39, 0.29) is 28.9 Å². The van der Waals surface area contributed by atoms with Crippen LogP contribution in [0.3, 0.4) is 0 Å². The van der Waals surface area contributed by atoms with E-state index in [4.69, 9.17) is 23.2 Å². The molecule has 1 heterocycles. The van der Waals surface area contributed by atoms with Gasteiger partial charge in [0.25, 0.3) is 5.69 Å². The maximum Gasteiger partial charge on any atom is 0.269 e. The molecule has 1 fully saturated rings. The van der Waals surface area contributed by atoms with Crippen molar-refractivity contribution in [3.8, 4) is 0 Å². The fraction of sp³-hybridized carbons (Fsp3) is 0.0870. The summed E-state index contributed by atoms with van der Waals surface area (Å²) in [5.41, 5.74) is 1.77. The first kappa shape index (κ1) is 23.0. The normalized spacial score (nSPS) is 16.1. The van der Waals surface area contributed by atoms with Crippen molar-refractivity contribution in [2.75, 3.05) is 4.90 Å². The van der Waals surface area contributed by atoms with Crippen LogP contribution in [0.1, 0.15) is 12.0 Å². The molecule has 4 rings (SSSR count). The lowest BCUT2D eigenvalue weighted by atomic mass is 10.2. The van der Waals surface area contributed by atoms with Crippen LogP contribution >= 0.6 is 35.0 Å². The minimum Gasteiger partial charge on any atom is -0.274 e. The van der Waals surface area contributed by atoms with Gasteiger partial charge in [0, 0.05) is 29.7 Å². The fourth-order valence-corrected chi connectivity index (χ4v) is 4.62. The van der Waals surface area contributed by atoms with Crippen molar-refractivity contribution in [2.24, 2.45) is 4.99 Å². The van der Waals surface area contributed by atoms with Crippen LogP contribution in [-0.2, 0) is 9.59 Å². The Hall–Kier alpha value is -3.20. The number of rotatable bonds is 6. The van der Waals surface area contributed by atoms with Gasteiger partial charge < -0.3 is 0 Å². The van der Waals surface area contributed by atoms with Gasteiger partial charge >= 0.3 is 0 Å². The molecule has 1 atom stereocenters. The second-order valence-corrected chi connectivity index (χ2v) is 9.17. The zero-order valence-corrected chi connectivity index (χ0v) is 19.2. The van der Waals surface area contributed by atoms with Crippen LogP contribution in [0, 0.1) is 10.1 Å². The van der Waals surface area contributed by atoms with Crippen LogP contribution in [0.2, 0.25) is 10.0 Å². The number of nitro benzene ring substituents is 1. The van der Waals surface area contributed by atoms with Crippen LogP contribution < -0.4 is 4.90 Å². The number of thioether (sulfide) groups is 1. The minimum absolute atomic E-state index is 0.0104. The van der Waals surface area contributed by atoms with E-state index in [1.54, 1.807) is 36.5 Å². The number of nitro groups is 1. The fourth-order valence-electron chi connectivity index (χ4n) is 3.22. The predicted octanol–water partition coefficient (Wildman–Crippen LogP) is 6.08. The van der Waals surface area contributed by atoms with Gasteiger partial charge in [0.2, 0.25) is 11.8 Å². The molecule has 0 N–H and O–H groups in total. The average Bonchev–Trinajstić information content (AvgIpc) is 3.07. The third-order valence-corrected chi connectivity index (χ3v) is 6.75. The molecule has 0 bridgehead atoms. The molecule has 0 unspecified atom stereocenters. The monoisotopic (exact) mass is 499 g/mol. The van der Waals surface area contributed by atoms with Crippen molar-refractivity contribution in [1.82, 2.24) is 0 Å². The molecule has 3 aromatic carbocycles. The summed E-state index contributed by atoms with van der Waals surface area (Å²) >= 11 is 13.3. The first-order chi connectivity index (χ1) is 15.8. The maximum atomic E-state index is 12.9. The topological polar surface area (TPSA) is 92.9 Å². The lowest BCUT2D eigenvalue weighted by Crippen LogP contribution is -2.31. The Morgan fingerprint density at radius 1 is 1.03 bits per heavy atom. The lowest BCUT2D eigenvalue weighted by molar-refractivity contribution is -0.384. The number of non-ortho nitro benzene ring substituents is 1. The number of halogens is 2. The Morgan fingerprint density at radius 2 is 1.79 bits per heavy atom. The molecule has 0 aliphatic carbocycles. The molecule has 1 aliphatic heterocycles. The number of aliphatic imine (C=N–C) groups is 1. The highest BCUT2D eigenvalue weighted by Gasteiger charge is 2.40. The first-order valence-electron chi connectivity index (χ1n) is 9.69. The van der Waals surface area contributed by atoms with Crippen molar-refractivity contribution in [3.05, 3.63) is 92.5 Å². The molecule has 7 nitrogen and oxygen atoms in total.